The number of carbonyl (C=O) groups excluding carboxylic acids is 1. The summed E-state index contributed by atoms with van der Waals surface area (Å²) in [7, 11) is 1.69. The van der Waals surface area contributed by atoms with Gasteiger partial charge >= 0.3 is 0 Å². The molecule has 0 bridgehead atoms. The number of likely N-dealkylation sites (tertiary alicyclic amines) is 1. The van der Waals surface area contributed by atoms with Crippen LogP contribution in [0, 0.1) is 11.3 Å². The highest BCUT2D eigenvalue weighted by atomic mass is 16.5. The summed E-state index contributed by atoms with van der Waals surface area (Å²) in [6.07, 6.45) is 4.02. The van der Waals surface area contributed by atoms with E-state index in [1.807, 2.05) is 36.4 Å². The van der Waals surface area contributed by atoms with Crippen molar-refractivity contribution in [1.82, 2.24) is 10.2 Å². The molecule has 5 rings (SSSR count). The molecule has 1 N–H and O–H groups in total. The number of nitrogens with zero attached hydrogens (tertiary/aromatic N) is 1. The van der Waals surface area contributed by atoms with E-state index in [0.717, 1.165) is 73.4 Å². The number of fused-ring (bicyclic) bond motifs is 1. The van der Waals surface area contributed by atoms with Crippen LogP contribution in [0.15, 0.2) is 59.0 Å². The second kappa shape index (κ2) is 8.39. The Hall–Kier alpha value is -2.79. The molecule has 2 fully saturated rings. The van der Waals surface area contributed by atoms with Crippen LogP contribution in [-0.2, 0) is 17.8 Å². The van der Waals surface area contributed by atoms with Crippen LogP contribution in [0.3, 0.4) is 0 Å². The first-order valence-electron chi connectivity index (χ1n) is 11.3. The zero-order valence-corrected chi connectivity index (χ0v) is 18.1. The molecule has 0 radical (unpaired) electrons. The van der Waals surface area contributed by atoms with Gasteiger partial charge in [-0.15, -0.1) is 0 Å². The summed E-state index contributed by atoms with van der Waals surface area (Å²) < 4.78 is 11.4. The van der Waals surface area contributed by atoms with Gasteiger partial charge in [0.1, 0.15) is 17.1 Å². The van der Waals surface area contributed by atoms with Crippen LogP contribution in [0.1, 0.15) is 30.6 Å². The maximum atomic E-state index is 12.7. The van der Waals surface area contributed by atoms with Gasteiger partial charge in [-0.3, -0.25) is 9.69 Å². The van der Waals surface area contributed by atoms with Gasteiger partial charge in [-0.05, 0) is 68.0 Å². The third kappa shape index (κ3) is 4.19. The first-order valence-corrected chi connectivity index (χ1v) is 11.3. The molecule has 1 aliphatic heterocycles. The molecule has 1 saturated heterocycles. The summed E-state index contributed by atoms with van der Waals surface area (Å²) in [4.78, 5) is 15.2. The van der Waals surface area contributed by atoms with Gasteiger partial charge in [0.2, 0.25) is 5.91 Å². The number of furan rings is 1. The minimum Gasteiger partial charge on any atom is -0.496 e. The van der Waals surface area contributed by atoms with Gasteiger partial charge in [-0.1, -0.05) is 36.4 Å². The van der Waals surface area contributed by atoms with Gasteiger partial charge in [0.25, 0.3) is 0 Å². The number of benzene rings is 2. The fourth-order valence-corrected chi connectivity index (χ4v) is 5.12. The Balaban J connectivity index is 1.09. The summed E-state index contributed by atoms with van der Waals surface area (Å²) in [6.45, 7) is 3.56. The lowest BCUT2D eigenvalue weighted by Gasteiger charge is -2.32. The van der Waals surface area contributed by atoms with E-state index in [-0.39, 0.29) is 17.2 Å². The highest BCUT2D eigenvalue weighted by molar-refractivity contribution is 5.82. The van der Waals surface area contributed by atoms with E-state index in [2.05, 4.69) is 28.4 Å². The third-order valence-corrected chi connectivity index (χ3v) is 7.10. The van der Waals surface area contributed by atoms with Gasteiger partial charge in [0, 0.05) is 17.8 Å². The zero-order valence-electron chi connectivity index (χ0n) is 18.1. The maximum absolute atomic E-state index is 12.7. The standard InChI is InChI=1S/C26H30N2O3/c1-30-23-8-4-2-6-19(23)10-13-27-25(29)22-17-26(22)11-14-28(15-12-26)18-21-16-20-7-3-5-9-24(20)31-21/h2-9,16,22H,10-15,17-18H2,1H3,(H,27,29). The summed E-state index contributed by atoms with van der Waals surface area (Å²) in [5.41, 5.74) is 2.31. The minimum absolute atomic E-state index is 0.179. The number of methoxy groups -OCH3 is 1. The summed E-state index contributed by atoms with van der Waals surface area (Å²) in [6, 6.07) is 18.3. The molecule has 1 aromatic heterocycles. The van der Waals surface area contributed by atoms with E-state index in [1.165, 1.54) is 0 Å². The molecule has 1 spiro atoms. The summed E-state index contributed by atoms with van der Waals surface area (Å²) >= 11 is 0. The third-order valence-electron chi connectivity index (χ3n) is 7.10. The number of ether oxygens (including phenoxy) is 1. The molecule has 2 aromatic carbocycles. The van der Waals surface area contributed by atoms with Gasteiger partial charge in [0.05, 0.1) is 13.7 Å². The Kier molecular flexibility index (Phi) is 5.45. The van der Waals surface area contributed by atoms with Gasteiger partial charge < -0.3 is 14.5 Å². The molecule has 1 unspecified atom stereocenters. The Morgan fingerprint density at radius 1 is 1.16 bits per heavy atom. The van der Waals surface area contributed by atoms with E-state index < -0.39 is 0 Å². The second-order valence-corrected chi connectivity index (χ2v) is 9.00. The zero-order chi connectivity index (χ0) is 21.3. The minimum atomic E-state index is 0.179. The Morgan fingerprint density at radius 3 is 2.74 bits per heavy atom. The lowest BCUT2D eigenvalue weighted by molar-refractivity contribution is -0.123. The predicted octanol–water partition coefficient (Wildman–Crippen LogP) is 4.40. The first kappa shape index (κ1) is 20.1. The number of nitrogens with one attached hydrogen (secondary N) is 1. The smallest absolute Gasteiger partial charge is 0.223 e. The van der Waals surface area contributed by atoms with Crippen LogP contribution in [0.25, 0.3) is 11.0 Å². The van der Waals surface area contributed by atoms with Crippen molar-refractivity contribution in [3.05, 3.63) is 65.9 Å². The molecular formula is C26H30N2O3. The lowest BCUT2D eigenvalue weighted by atomic mass is 9.90. The molecule has 3 aromatic rings. The van der Waals surface area contributed by atoms with Crippen molar-refractivity contribution in [3.8, 4) is 5.75 Å². The summed E-state index contributed by atoms with van der Waals surface area (Å²) in [5.74, 6) is 2.31. The number of hydrogen-bond donors (Lipinski definition) is 1. The van der Waals surface area contributed by atoms with E-state index in [4.69, 9.17) is 9.15 Å². The normalized spacial score (nSPS) is 20.1. The van der Waals surface area contributed by atoms with Gasteiger partial charge in [-0.25, -0.2) is 0 Å². The van der Waals surface area contributed by atoms with E-state index in [0.29, 0.717) is 6.54 Å². The number of amides is 1. The first-order chi connectivity index (χ1) is 15.2. The Morgan fingerprint density at radius 2 is 1.94 bits per heavy atom. The number of hydrogen-bond acceptors (Lipinski definition) is 4. The lowest BCUT2D eigenvalue weighted by Crippen LogP contribution is -2.37. The van der Waals surface area contributed by atoms with Gasteiger partial charge in [0.15, 0.2) is 0 Å². The highest BCUT2D eigenvalue weighted by Gasteiger charge is 2.58. The van der Waals surface area contributed by atoms with Crippen LogP contribution in [0.5, 0.6) is 5.75 Å². The second-order valence-electron chi connectivity index (χ2n) is 9.00. The van der Waals surface area contributed by atoms with Crippen LogP contribution in [0.2, 0.25) is 0 Å². The van der Waals surface area contributed by atoms with Crippen LogP contribution >= 0.6 is 0 Å². The Labute approximate surface area is 183 Å². The molecule has 1 aliphatic carbocycles. The number of piperidine rings is 1. The van der Waals surface area contributed by atoms with Crippen molar-refractivity contribution in [3.63, 3.8) is 0 Å². The number of carbonyl (C=O) groups is 1. The molecule has 2 aliphatic rings. The quantitative estimate of drug-likeness (QED) is 0.618. The molecule has 31 heavy (non-hydrogen) atoms. The average Bonchev–Trinajstić information content (AvgIpc) is 3.34. The van der Waals surface area contributed by atoms with Crippen molar-refractivity contribution in [2.75, 3.05) is 26.7 Å². The molecule has 1 amide bonds. The molecule has 5 heteroatoms. The van der Waals surface area contributed by atoms with Gasteiger partial charge in [-0.2, -0.15) is 0 Å². The number of para-hydroxylation sites is 2. The average molecular weight is 419 g/mol. The van der Waals surface area contributed by atoms with Crippen molar-refractivity contribution < 1.29 is 13.9 Å². The van der Waals surface area contributed by atoms with Crippen LogP contribution in [-0.4, -0.2) is 37.6 Å². The van der Waals surface area contributed by atoms with E-state index >= 15 is 0 Å². The SMILES string of the molecule is COc1ccccc1CCNC(=O)C1CC12CCN(Cc1cc3ccccc3o1)CC2. The fraction of sp³-hybridized carbons (Fsp3) is 0.423. The molecular weight excluding hydrogens is 388 g/mol. The Bertz CT molecular complexity index is 1030. The highest BCUT2D eigenvalue weighted by Crippen LogP contribution is 2.59. The molecule has 1 atom stereocenters. The van der Waals surface area contributed by atoms with Crippen molar-refractivity contribution >= 4 is 16.9 Å². The molecule has 162 valence electrons. The topological polar surface area (TPSA) is 54.7 Å². The fourth-order valence-electron chi connectivity index (χ4n) is 5.12. The molecule has 2 heterocycles. The molecule has 5 nitrogen and oxygen atoms in total. The van der Waals surface area contributed by atoms with Crippen molar-refractivity contribution in [2.45, 2.75) is 32.2 Å². The largest absolute Gasteiger partial charge is 0.496 e. The van der Waals surface area contributed by atoms with Crippen LogP contribution in [0.4, 0.5) is 0 Å². The maximum Gasteiger partial charge on any atom is 0.223 e. The molecule has 1 saturated carbocycles. The monoisotopic (exact) mass is 418 g/mol. The van der Waals surface area contributed by atoms with Crippen molar-refractivity contribution in [1.29, 1.82) is 0 Å². The van der Waals surface area contributed by atoms with E-state index in [1.54, 1.807) is 7.11 Å². The number of rotatable bonds is 7. The van der Waals surface area contributed by atoms with Crippen molar-refractivity contribution in [2.24, 2.45) is 11.3 Å². The van der Waals surface area contributed by atoms with E-state index in [9.17, 15) is 4.79 Å². The van der Waals surface area contributed by atoms with Crippen LogP contribution < -0.4 is 10.1 Å². The predicted molar refractivity (Wildman–Crippen MR) is 121 cm³/mol. The summed E-state index contributed by atoms with van der Waals surface area (Å²) in [5, 5.41) is 4.32.